The molecule has 6 nitrogen and oxygen atoms in total. The van der Waals surface area contributed by atoms with Crippen molar-refractivity contribution in [1.82, 2.24) is 9.88 Å². The number of hydrogen-bond acceptors (Lipinski definition) is 6. The Morgan fingerprint density at radius 1 is 1.38 bits per heavy atom. The van der Waals surface area contributed by atoms with Crippen LogP contribution in [0.4, 0.5) is 13.9 Å². The number of halogens is 2. The van der Waals surface area contributed by atoms with E-state index >= 15 is 0 Å². The highest BCUT2D eigenvalue weighted by Crippen LogP contribution is 2.24. The van der Waals surface area contributed by atoms with Crippen molar-refractivity contribution in [3.63, 3.8) is 0 Å². The van der Waals surface area contributed by atoms with Gasteiger partial charge in [0.1, 0.15) is 34.5 Å². The van der Waals surface area contributed by atoms with Gasteiger partial charge in [0.25, 0.3) is 5.91 Å². The van der Waals surface area contributed by atoms with Crippen LogP contribution in [-0.2, 0) is 0 Å². The molecule has 3 rings (SSSR count). The molecule has 9 heteroatoms. The van der Waals surface area contributed by atoms with E-state index in [1.54, 1.807) is 0 Å². The number of nitrogen functional groups attached to an aromatic ring is 1. The number of β-amino-alcohol motifs (C(OH)–C–C–N with tert-alkyl or cyclic N) is 1. The maximum Gasteiger partial charge on any atom is 0.265 e. The van der Waals surface area contributed by atoms with Crippen LogP contribution in [0.2, 0.25) is 0 Å². The Balaban J connectivity index is 1.63. The summed E-state index contributed by atoms with van der Waals surface area (Å²) >= 11 is 1.08. The van der Waals surface area contributed by atoms with Crippen LogP contribution in [0.25, 0.3) is 0 Å². The highest BCUT2D eigenvalue weighted by Gasteiger charge is 2.32. The van der Waals surface area contributed by atoms with Gasteiger partial charge < -0.3 is 20.5 Å². The van der Waals surface area contributed by atoms with Crippen LogP contribution in [0.5, 0.6) is 5.75 Å². The highest BCUT2D eigenvalue weighted by molar-refractivity contribution is 7.17. The van der Waals surface area contributed by atoms with Crippen molar-refractivity contribution in [2.24, 2.45) is 0 Å². The van der Waals surface area contributed by atoms with Crippen molar-refractivity contribution in [3.05, 3.63) is 40.9 Å². The quantitative estimate of drug-likeness (QED) is 0.874. The molecule has 0 spiro atoms. The molecule has 2 atom stereocenters. The number of rotatable bonds is 3. The first kappa shape index (κ1) is 16.6. The largest absolute Gasteiger partial charge is 0.487 e. The Kier molecular flexibility index (Phi) is 4.63. The number of aliphatic hydroxyl groups excluding tert-OH is 1. The van der Waals surface area contributed by atoms with Gasteiger partial charge in [0, 0.05) is 31.2 Å². The van der Waals surface area contributed by atoms with Gasteiger partial charge in [-0.1, -0.05) is 11.3 Å². The fourth-order valence-corrected chi connectivity index (χ4v) is 3.20. The summed E-state index contributed by atoms with van der Waals surface area (Å²) in [5, 5.41) is 10.5. The monoisotopic (exact) mass is 355 g/mol. The van der Waals surface area contributed by atoms with Gasteiger partial charge in [-0.3, -0.25) is 4.79 Å². The molecular formula is C15H15F2N3O3S. The number of nitrogens with zero attached hydrogens (tertiary/aromatic N) is 2. The standard InChI is InChI=1S/C15H15F2N3O3S/c16-8-3-9(17)5-10(4-8)23-12-1-2-20(7-11(12)21)14(22)13-6-19-15(18)24-13/h3-6,11-12,21H,1-2,7H2,(H2,18,19)/t11-,12-/m1/s1. The van der Waals surface area contributed by atoms with E-state index in [1.807, 2.05) is 0 Å². The van der Waals surface area contributed by atoms with Crippen LogP contribution in [-0.4, -0.2) is 46.2 Å². The van der Waals surface area contributed by atoms with Crippen LogP contribution >= 0.6 is 11.3 Å². The van der Waals surface area contributed by atoms with Gasteiger partial charge in [0.15, 0.2) is 5.13 Å². The topological polar surface area (TPSA) is 88.7 Å². The Hall–Kier alpha value is -2.26. The molecule has 2 aromatic rings. The zero-order valence-corrected chi connectivity index (χ0v) is 13.3. The average molecular weight is 355 g/mol. The number of piperidine rings is 1. The summed E-state index contributed by atoms with van der Waals surface area (Å²) in [6.45, 7) is 0.398. The van der Waals surface area contributed by atoms with Crippen LogP contribution in [0.3, 0.4) is 0 Å². The molecule has 0 aliphatic carbocycles. The summed E-state index contributed by atoms with van der Waals surface area (Å²) < 4.78 is 31.8. The number of carbonyl (C=O) groups excluding carboxylic acids is 1. The van der Waals surface area contributed by atoms with Gasteiger partial charge in [-0.25, -0.2) is 13.8 Å². The lowest BCUT2D eigenvalue weighted by Crippen LogP contribution is -2.50. The number of anilines is 1. The minimum Gasteiger partial charge on any atom is -0.487 e. The van der Waals surface area contributed by atoms with E-state index in [1.165, 1.54) is 11.1 Å². The molecule has 0 saturated carbocycles. The molecule has 128 valence electrons. The van der Waals surface area contributed by atoms with Gasteiger partial charge in [0.05, 0.1) is 12.7 Å². The molecule has 1 fully saturated rings. The molecule has 1 aromatic heterocycles. The van der Waals surface area contributed by atoms with Crippen LogP contribution in [0.15, 0.2) is 24.4 Å². The maximum absolute atomic E-state index is 13.2. The van der Waals surface area contributed by atoms with Crippen LogP contribution in [0, 0.1) is 11.6 Å². The number of likely N-dealkylation sites (tertiary alicyclic amines) is 1. The summed E-state index contributed by atoms with van der Waals surface area (Å²) in [7, 11) is 0. The first-order valence-electron chi connectivity index (χ1n) is 7.24. The lowest BCUT2D eigenvalue weighted by molar-refractivity contribution is -0.0199. The molecule has 3 N–H and O–H groups in total. The van der Waals surface area contributed by atoms with Gasteiger partial charge >= 0.3 is 0 Å². The Labute approximate surface area is 140 Å². The first-order chi connectivity index (χ1) is 11.4. The van der Waals surface area contributed by atoms with Gasteiger partial charge in [-0.2, -0.15) is 0 Å². The fraction of sp³-hybridized carbons (Fsp3) is 0.333. The molecule has 1 saturated heterocycles. The third-order valence-corrected chi connectivity index (χ3v) is 4.48. The zero-order chi connectivity index (χ0) is 17.3. The van der Waals surface area contributed by atoms with Crippen LogP contribution < -0.4 is 10.5 Å². The SMILES string of the molecule is Nc1ncc(C(=O)N2CC[C@@H](Oc3cc(F)cc(F)c3)[C@H](O)C2)s1. The lowest BCUT2D eigenvalue weighted by atomic mass is 10.0. The first-order valence-corrected chi connectivity index (χ1v) is 8.05. The van der Waals surface area contributed by atoms with Crippen molar-refractivity contribution in [2.75, 3.05) is 18.8 Å². The van der Waals surface area contributed by atoms with E-state index in [2.05, 4.69) is 4.98 Å². The van der Waals surface area contributed by atoms with E-state index in [0.29, 0.717) is 23.0 Å². The van der Waals surface area contributed by atoms with Crippen molar-refractivity contribution in [2.45, 2.75) is 18.6 Å². The number of nitrogens with two attached hydrogens (primary N) is 1. The van der Waals surface area contributed by atoms with Gasteiger partial charge in [-0.15, -0.1) is 0 Å². The van der Waals surface area contributed by atoms with E-state index < -0.39 is 23.8 Å². The molecule has 1 amide bonds. The summed E-state index contributed by atoms with van der Waals surface area (Å²) in [5.41, 5.74) is 5.51. The number of ether oxygens (including phenoxy) is 1. The summed E-state index contributed by atoms with van der Waals surface area (Å²) in [6.07, 6.45) is 0.104. The van der Waals surface area contributed by atoms with Crippen molar-refractivity contribution < 1.29 is 23.4 Å². The smallest absolute Gasteiger partial charge is 0.265 e. The Morgan fingerprint density at radius 3 is 2.67 bits per heavy atom. The predicted molar refractivity (Wildman–Crippen MR) is 83.8 cm³/mol. The molecule has 1 aliphatic rings. The zero-order valence-electron chi connectivity index (χ0n) is 12.5. The van der Waals surface area contributed by atoms with Crippen molar-refractivity contribution in [1.29, 1.82) is 0 Å². The second-order valence-corrected chi connectivity index (χ2v) is 6.49. The maximum atomic E-state index is 13.2. The van der Waals surface area contributed by atoms with E-state index in [9.17, 15) is 18.7 Å². The fourth-order valence-electron chi connectivity index (χ4n) is 2.55. The predicted octanol–water partition coefficient (Wildman–Crippen LogP) is 1.66. The molecule has 1 aromatic carbocycles. The molecule has 2 heterocycles. The van der Waals surface area contributed by atoms with E-state index in [-0.39, 0.29) is 18.2 Å². The number of benzene rings is 1. The number of hydrogen-bond donors (Lipinski definition) is 2. The Bertz CT molecular complexity index is 735. The average Bonchev–Trinajstić information content (AvgIpc) is 2.94. The number of aliphatic hydroxyl groups is 1. The summed E-state index contributed by atoms with van der Waals surface area (Å²) in [5.74, 6) is -1.77. The van der Waals surface area contributed by atoms with Crippen molar-refractivity contribution >= 4 is 22.4 Å². The number of amides is 1. The molecule has 1 aliphatic heterocycles. The number of aromatic nitrogens is 1. The minimum absolute atomic E-state index is 0.00607. The summed E-state index contributed by atoms with van der Waals surface area (Å²) in [6, 6.07) is 2.84. The highest BCUT2D eigenvalue weighted by atomic mass is 32.1. The van der Waals surface area contributed by atoms with Gasteiger partial charge in [-0.05, 0) is 0 Å². The molecule has 0 unspecified atom stereocenters. The lowest BCUT2D eigenvalue weighted by Gasteiger charge is -2.35. The molecule has 24 heavy (non-hydrogen) atoms. The third-order valence-electron chi connectivity index (χ3n) is 3.67. The van der Waals surface area contributed by atoms with E-state index in [0.717, 1.165) is 29.5 Å². The molecule has 0 bridgehead atoms. The number of thiazole rings is 1. The Morgan fingerprint density at radius 2 is 2.08 bits per heavy atom. The number of carbonyl (C=O) groups is 1. The van der Waals surface area contributed by atoms with Gasteiger partial charge in [0.2, 0.25) is 0 Å². The second-order valence-electron chi connectivity index (χ2n) is 5.43. The normalized spacial score (nSPS) is 20.9. The minimum atomic E-state index is -0.973. The molecular weight excluding hydrogens is 340 g/mol. The second kappa shape index (κ2) is 6.70. The summed E-state index contributed by atoms with van der Waals surface area (Å²) in [4.78, 5) is 18.0. The van der Waals surface area contributed by atoms with Crippen LogP contribution in [0.1, 0.15) is 16.1 Å². The van der Waals surface area contributed by atoms with Crippen molar-refractivity contribution in [3.8, 4) is 5.75 Å². The molecule has 0 radical (unpaired) electrons. The third kappa shape index (κ3) is 3.62. The van der Waals surface area contributed by atoms with E-state index in [4.69, 9.17) is 10.5 Å².